The van der Waals surface area contributed by atoms with Crippen molar-refractivity contribution in [3.8, 4) is 0 Å². The molecule has 0 spiro atoms. The monoisotopic (exact) mass is 431 g/mol. The van der Waals surface area contributed by atoms with Gasteiger partial charge in [0.15, 0.2) is 0 Å². The maximum atomic E-state index is 14.1. The summed E-state index contributed by atoms with van der Waals surface area (Å²) in [5, 5.41) is 0.0575. The van der Waals surface area contributed by atoms with Crippen LogP contribution in [0.5, 0.6) is 0 Å². The Morgan fingerprint density at radius 3 is 2.80 bits per heavy atom. The maximum Gasteiger partial charge on any atom is 0.142 e. The van der Waals surface area contributed by atoms with Crippen LogP contribution in [0.1, 0.15) is 49.0 Å². The lowest BCUT2D eigenvalue weighted by Gasteiger charge is -2.45. The average molecular weight is 432 g/mol. The molecule has 1 aliphatic heterocycles. The van der Waals surface area contributed by atoms with Gasteiger partial charge in [0.1, 0.15) is 24.2 Å². The standard InChI is InChI=1S/C22H27ClFN5O/c1-13-3-6-19-20(13)22(27-12-26-19)29-8-7-28(10-14(29)2)21(18(25)11-30)15-4-5-16(23)17(24)9-15/h4-5,9,11-14,18,21H,3,6-8,10,25H2,1-2H3/t13-,14+,18?,21?/m1/s1. The molecular formula is C22H27ClFN5O. The topological polar surface area (TPSA) is 75.3 Å². The second-order valence-electron chi connectivity index (χ2n) is 8.37. The van der Waals surface area contributed by atoms with Gasteiger partial charge in [0.2, 0.25) is 0 Å². The molecule has 0 amide bonds. The molecule has 8 heteroatoms. The van der Waals surface area contributed by atoms with Crippen LogP contribution < -0.4 is 10.6 Å². The van der Waals surface area contributed by atoms with E-state index in [-0.39, 0.29) is 11.1 Å². The van der Waals surface area contributed by atoms with E-state index in [1.807, 2.05) is 0 Å². The summed E-state index contributed by atoms with van der Waals surface area (Å²) in [7, 11) is 0. The van der Waals surface area contributed by atoms with Gasteiger partial charge in [0, 0.05) is 36.9 Å². The fourth-order valence-corrected chi connectivity index (χ4v) is 4.97. The number of piperazine rings is 1. The molecule has 1 aliphatic carbocycles. The zero-order valence-electron chi connectivity index (χ0n) is 17.3. The number of hydrogen-bond donors (Lipinski definition) is 1. The number of aldehydes is 1. The van der Waals surface area contributed by atoms with E-state index in [1.165, 1.54) is 17.7 Å². The molecule has 4 atom stereocenters. The van der Waals surface area contributed by atoms with Crippen molar-refractivity contribution in [2.45, 2.75) is 50.7 Å². The number of hydrogen-bond acceptors (Lipinski definition) is 6. The van der Waals surface area contributed by atoms with Crippen LogP contribution in [0.2, 0.25) is 5.02 Å². The number of nitrogens with two attached hydrogens (primary N) is 1. The fourth-order valence-electron chi connectivity index (χ4n) is 4.85. The average Bonchev–Trinajstić information content (AvgIpc) is 3.12. The van der Waals surface area contributed by atoms with Crippen LogP contribution in [0.3, 0.4) is 0 Å². The van der Waals surface area contributed by atoms with Gasteiger partial charge in [-0.25, -0.2) is 14.4 Å². The summed E-state index contributed by atoms with van der Waals surface area (Å²) < 4.78 is 14.1. The van der Waals surface area contributed by atoms with E-state index >= 15 is 0 Å². The van der Waals surface area contributed by atoms with Gasteiger partial charge < -0.3 is 15.4 Å². The molecule has 2 heterocycles. The first-order valence-corrected chi connectivity index (χ1v) is 10.8. The van der Waals surface area contributed by atoms with Crippen molar-refractivity contribution < 1.29 is 9.18 Å². The van der Waals surface area contributed by atoms with Crippen LogP contribution in [0.25, 0.3) is 0 Å². The van der Waals surface area contributed by atoms with Crippen molar-refractivity contribution in [2.24, 2.45) is 5.73 Å². The second-order valence-corrected chi connectivity index (χ2v) is 8.77. The van der Waals surface area contributed by atoms with Crippen molar-refractivity contribution in [3.05, 3.63) is 52.2 Å². The van der Waals surface area contributed by atoms with Crippen molar-refractivity contribution >= 4 is 23.7 Å². The highest BCUT2D eigenvalue weighted by atomic mass is 35.5. The lowest BCUT2D eigenvalue weighted by molar-refractivity contribution is -0.110. The molecule has 1 fully saturated rings. The first kappa shape index (κ1) is 21.2. The minimum Gasteiger partial charge on any atom is -0.351 e. The Hall–Kier alpha value is -2.09. The molecule has 2 aromatic rings. The molecule has 1 aromatic heterocycles. The minimum absolute atomic E-state index is 0.0575. The zero-order valence-corrected chi connectivity index (χ0v) is 18.0. The van der Waals surface area contributed by atoms with Crippen LogP contribution in [0, 0.1) is 5.82 Å². The Morgan fingerprint density at radius 2 is 2.10 bits per heavy atom. The van der Waals surface area contributed by atoms with Crippen LogP contribution in [-0.4, -0.2) is 52.9 Å². The van der Waals surface area contributed by atoms with Gasteiger partial charge in [0.25, 0.3) is 0 Å². The van der Waals surface area contributed by atoms with E-state index in [0.717, 1.165) is 37.2 Å². The number of benzene rings is 1. The molecule has 1 aromatic carbocycles. The summed E-state index contributed by atoms with van der Waals surface area (Å²) in [5.41, 5.74) is 9.23. The normalized spacial score (nSPS) is 23.8. The summed E-state index contributed by atoms with van der Waals surface area (Å²) in [6.45, 7) is 6.49. The molecule has 1 saturated heterocycles. The molecule has 0 radical (unpaired) electrons. The first-order chi connectivity index (χ1) is 14.4. The Kier molecular flexibility index (Phi) is 6.04. The molecule has 0 saturated carbocycles. The van der Waals surface area contributed by atoms with E-state index in [9.17, 15) is 9.18 Å². The number of fused-ring (bicyclic) bond motifs is 1. The summed E-state index contributed by atoms with van der Waals surface area (Å²) in [6.07, 6.45) is 4.49. The van der Waals surface area contributed by atoms with Crippen molar-refractivity contribution in [1.82, 2.24) is 14.9 Å². The van der Waals surface area contributed by atoms with Crippen LogP contribution in [-0.2, 0) is 11.2 Å². The van der Waals surface area contributed by atoms with E-state index in [2.05, 4.69) is 33.6 Å². The molecule has 6 nitrogen and oxygen atoms in total. The third-order valence-corrected chi connectivity index (χ3v) is 6.69. The van der Waals surface area contributed by atoms with Gasteiger partial charge in [-0.2, -0.15) is 0 Å². The van der Waals surface area contributed by atoms with Gasteiger partial charge in [0.05, 0.1) is 17.1 Å². The first-order valence-electron chi connectivity index (χ1n) is 10.4. The quantitative estimate of drug-likeness (QED) is 0.733. The molecule has 2 N–H and O–H groups in total. The van der Waals surface area contributed by atoms with Gasteiger partial charge in [-0.3, -0.25) is 4.90 Å². The van der Waals surface area contributed by atoms with E-state index in [1.54, 1.807) is 12.4 Å². The lowest BCUT2D eigenvalue weighted by Crippen LogP contribution is -2.56. The number of aryl methyl sites for hydroxylation is 1. The molecular weight excluding hydrogens is 405 g/mol. The highest BCUT2D eigenvalue weighted by Crippen LogP contribution is 2.38. The van der Waals surface area contributed by atoms with Crippen molar-refractivity contribution in [1.29, 1.82) is 0 Å². The lowest BCUT2D eigenvalue weighted by atomic mass is 9.96. The zero-order chi connectivity index (χ0) is 21.4. The fraction of sp³-hybridized carbons (Fsp3) is 0.500. The highest BCUT2D eigenvalue weighted by molar-refractivity contribution is 6.30. The predicted molar refractivity (Wildman–Crippen MR) is 115 cm³/mol. The molecule has 160 valence electrons. The van der Waals surface area contributed by atoms with E-state index < -0.39 is 17.9 Å². The number of halogens is 2. The minimum atomic E-state index is -0.757. The van der Waals surface area contributed by atoms with Crippen molar-refractivity contribution in [3.63, 3.8) is 0 Å². The van der Waals surface area contributed by atoms with E-state index in [0.29, 0.717) is 24.6 Å². The van der Waals surface area contributed by atoms with Gasteiger partial charge in [-0.1, -0.05) is 24.6 Å². The summed E-state index contributed by atoms with van der Waals surface area (Å²) in [5.74, 6) is 0.968. The number of rotatable bonds is 5. The molecule has 30 heavy (non-hydrogen) atoms. The van der Waals surface area contributed by atoms with Crippen LogP contribution >= 0.6 is 11.6 Å². The Labute approximate surface area is 181 Å². The third-order valence-electron chi connectivity index (χ3n) is 6.38. The second kappa shape index (κ2) is 8.57. The Bertz CT molecular complexity index is 942. The molecule has 2 unspecified atom stereocenters. The molecule has 2 aliphatic rings. The SMILES string of the molecule is C[C@@H]1CCc2ncnc(N3CCN(C(c4ccc(Cl)c(F)c4)C(N)C=O)C[C@@H]3C)c21. The number of carbonyl (C=O) groups is 1. The smallest absolute Gasteiger partial charge is 0.142 e. The number of nitrogens with zero attached hydrogens (tertiary/aromatic N) is 4. The van der Waals surface area contributed by atoms with Gasteiger partial charge >= 0.3 is 0 Å². The summed E-state index contributed by atoms with van der Waals surface area (Å²) in [6, 6.07) is 3.63. The van der Waals surface area contributed by atoms with Crippen LogP contribution in [0.4, 0.5) is 10.2 Å². The third kappa shape index (κ3) is 3.82. The largest absolute Gasteiger partial charge is 0.351 e. The molecule has 0 bridgehead atoms. The highest BCUT2D eigenvalue weighted by Gasteiger charge is 2.35. The Balaban J connectivity index is 1.59. The predicted octanol–water partition coefficient (Wildman–Crippen LogP) is 3.10. The number of carbonyl (C=O) groups excluding carboxylic acids is 1. The van der Waals surface area contributed by atoms with E-state index in [4.69, 9.17) is 17.3 Å². The van der Waals surface area contributed by atoms with Gasteiger partial charge in [-0.15, -0.1) is 0 Å². The van der Waals surface area contributed by atoms with Crippen molar-refractivity contribution in [2.75, 3.05) is 24.5 Å². The number of aromatic nitrogens is 2. The Morgan fingerprint density at radius 1 is 1.30 bits per heavy atom. The number of anilines is 1. The molecule has 4 rings (SSSR count). The van der Waals surface area contributed by atoms with Crippen LogP contribution in [0.15, 0.2) is 24.5 Å². The summed E-state index contributed by atoms with van der Waals surface area (Å²) in [4.78, 5) is 25.1. The maximum absolute atomic E-state index is 14.1. The summed E-state index contributed by atoms with van der Waals surface area (Å²) >= 11 is 5.84. The van der Waals surface area contributed by atoms with Gasteiger partial charge in [-0.05, 0) is 43.4 Å².